The lowest BCUT2D eigenvalue weighted by atomic mass is 9.83. The Morgan fingerprint density at radius 1 is 1.38 bits per heavy atom. The Balaban J connectivity index is 1.74. The highest BCUT2D eigenvalue weighted by molar-refractivity contribution is 5.94. The van der Waals surface area contributed by atoms with Gasteiger partial charge in [-0.15, -0.1) is 0 Å². The highest BCUT2D eigenvalue weighted by Crippen LogP contribution is 2.27. The molecule has 0 bridgehead atoms. The SMILES string of the molecule is Cn1ccc(C(=O)CC2CCC(NC(=O)CCN)CC2)n1. The molecule has 1 aromatic rings. The second kappa shape index (κ2) is 7.36. The van der Waals surface area contributed by atoms with Crippen LogP contribution in [0, 0.1) is 5.92 Å². The summed E-state index contributed by atoms with van der Waals surface area (Å²) in [6, 6.07) is 2.01. The number of carbonyl (C=O) groups excluding carboxylic acids is 2. The van der Waals surface area contributed by atoms with Gasteiger partial charge in [0.05, 0.1) is 0 Å². The van der Waals surface area contributed by atoms with Crippen LogP contribution in [0.3, 0.4) is 0 Å². The van der Waals surface area contributed by atoms with E-state index in [-0.39, 0.29) is 17.7 Å². The van der Waals surface area contributed by atoms with Gasteiger partial charge in [-0.25, -0.2) is 0 Å². The second-order valence-electron chi connectivity index (χ2n) is 5.83. The van der Waals surface area contributed by atoms with E-state index in [1.54, 1.807) is 16.9 Å². The number of aryl methyl sites for hydroxylation is 1. The number of amides is 1. The van der Waals surface area contributed by atoms with Gasteiger partial charge in [0.15, 0.2) is 5.78 Å². The first-order valence-corrected chi connectivity index (χ1v) is 7.60. The molecule has 1 heterocycles. The van der Waals surface area contributed by atoms with Crippen molar-refractivity contribution in [1.29, 1.82) is 0 Å². The average Bonchev–Trinajstić information content (AvgIpc) is 2.88. The number of rotatable bonds is 6. The second-order valence-corrected chi connectivity index (χ2v) is 5.83. The maximum atomic E-state index is 12.1. The minimum absolute atomic E-state index is 0.0329. The third-order valence-corrected chi connectivity index (χ3v) is 4.06. The number of nitrogens with zero attached hydrogens (tertiary/aromatic N) is 2. The Kier molecular flexibility index (Phi) is 5.50. The van der Waals surface area contributed by atoms with Gasteiger partial charge in [0.25, 0.3) is 0 Å². The Hall–Kier alpha value is -1.69. The molecule has 1 amide bonds. The summed E-state index contributed by atoms with van der Waals surface area (Å²) < 4.78 is 1.65. The summed E-state index contributed by atoms with van der Waals surface area (Å²) in [5.74, 6) is 0.555. The number of hydrogen-bond acceptors (Lipinski definition) is 4. The summed E-state index contributed by atoms with van der Waals surface area (Å²) >= 11 is 0. The highest BCUT2D eigenvalue weighted by atomic mass is 16.1. The number of carbonyl (C=O) groups is 2. The quantitative estimate of drug-likeness (QED) is 0.766. The maximum absolute atomic E-state index is 12.1. The van der Waals surface area contributed by atoms with Crippen LogP contribution in [0.4, 0.5) is 0 Å². The molecule has 21 heavy (non-hydrogen) atoms. The number of ketones is 1. The lowest BCUT2D eigenvalue weighted by Crippen LogP contribution is -2.38. The van der Waals surface area contributed by atoms with E-state index in [0.717, 1.165) is 25.7 Å². The largest absolute Gasteiger partial charge is 0.353 e. The topological polar surface area (TPSA) is 90.0 Å². The van der Waals surface area contributed by atoms with E-state index >= 15 is 0 Å². The molecule has 0 atom stereocenters. The standard InChI is InChI=1S/C15H24N4O2/c1-19-9-7-13(18-19)14(20)10-11-2-4-12(5-3-11)17-15(21)6-8-16/h7,9,11-12H,2-6,8,10,16H2,1H3,(H,17,21). The summed E-state index contributed by atoms with van der Waals surface area (Å²) in [6.45, 7) is 0.389. The molecule has 0 saturated heterocycles. The normalized spacial score (nSPS) is 22.0. The van der Waals surface area contributed by atoms with Crippen LogP contribution >= 0.6 is 0 Å². The fourth-order valence-electron chi connectivity index (χ4n) is 2.87. The molecule has 1 aliphatic carbocycles. The van der Waals surface area contributed by atoms with Crippen molar-refractivity contribution in [1.82, 2.24) is 15.1 Å². The average molecular weight is 292 g/mol. The molecule has 6 nitrogen and oxygen atoms in total. The van der Waals surface area contributed by atoms with Crippen molar-refractivity contribution >= 4 is 11.7 Å². The molecule has 0 radical (unpaired) electrons. The summed E-state index contributed by atoms with van der Waals surface area (Å²) in [6.07, 6.45) is 6.57. The molecule has 1 aliphatic rings. The molecule has 0 spiro atoms. The predicted octanol–water partition coefficient (Wildman–Crippen LogP) is 1.02. The van der Waals surface area contributed by atoms with Gasteiger partial charge in [0.1, 0.15) is 5.69 Å². The number of nitrogens with two attached hydrogens (primary N) is 1. The van der Waals surface area contributed by atoms with Crippen LogP contribution in [-0.4, -0.2) is 34.1 Å². The molecule has 3 N–H and O–H groups in total. The van der Waals surface area contributed by atoms with Gasteiger partial charge in [0, 0.05) is 38.7 Å². The van der Waals surface area contributed by atoms with Gasteiger partial charge in [-0.3, -0.25) is 14.3 Å². The smallest absolute Gasteiger partial charge is 0.221 e. The molecule has 1 fully saturated rings. The van der Waals surface area contributed by atoms with Crippen LogP contribution in [0.25, 0.3) is 0 Å². The van der Waals surface area contributed by atoms with E-state index < -0.39 is 0 Å². The lowest BCUT2D eigenvalue weighted by Gasteiger charge is -2.28. The van der Waals surface area contributed by atoms with Crippen molar-refractivity contribution in [2.24, 2.45) is 18.7 Å². The van der Waals surface area contributed by atoms with Crippen molar-refractivity contribution in [3.8, 4) is 0 Å². The first-order chi connectivity index (χ1) is 10.1. The van der Waals surface area contributed by atoms with Crippen LogP contribution in [0.15, 0.2) is 12.3 Å². The highest BCUT2D eigenvalue weighted by Gasteiger charge is 2.24. The van der Waals surface area contributed by atoms with E-state index in [1.165, 1.54) is 0 Å². The van der Waals surface area contributed by atoms with Crippen molar-refractivity contribution in [2.75, 3.05) is 6.54 Å². The zero-order valence-electron chi connectivity index (χ0n) is 12.5. The Morgan fingerprint density at radius 2 is 2.10 bits per heavy atom. The van der Waals surface area contributed by atoms with Crippen LogP contribution in [0.1, 0.15) is 49.0 Å². The number of aromatic nitrogens is 2. The zero-order valence-corrected chi connectivity index (χ0v) is 12.5. The van der Waals surface area contributed by atoms with E-state index in [1.807, 2.05) is 7.05 Å². The molecular weight excluding hydrogens is 268 g/mol. The lowest BCUT2D eigenvalue weighted by molar-refractivity contribution is -0.121. The molecule has 116 valence electrons. The third kappa shape index (κ3) is 4.67. The summed E-state index contributed by atoms with van der Waals surface area (Å²) in [4.78, 5) is 23.6. The summed E-state index contributed by atoms with van der Waals surface area (Å²) in [7, 11) is 1.81. The Bertz CT molecular complexity index is 490. The number of nitrogens with one attached hydrogen (secondary N) is 1. The van der Waals surface area contributed by atoms with Crippen LogP contribution in [-0.2, 0) is 11.8 Å². The van der Waals surface area contributed by atoms with Crippen LogP contribution in [0.2, 0.25) is 0 Å². The summed E-state index contributed by atoms with van der Waals surface area (Å²) in [5.41, 5.74) is 5.91. The predicted molar refractivity (Wildman–Crippen MR) is 79.7 cm³/mol. The van der Waals surface area contributed by atoms with E-state index in [2.05, 4.69) is 10.4 Å². The first-order valence-electron chi connectivity index (χ1n) is 7.60. The molecule has 0 aliphatic heterocycles. The van der Waals surface area contributed by atoms with Crippen molar-refractivity contribution in [2.45, 2.75) is 44.6 Å². The monoisotopic (exact) mass is 292 g/mol. The maximum Gasteiger partial charge on any atom is 0.221 e. The molecular formula is C15H24N4O2. The van der Waals surface area contributed by atoms with Gasteiger partial charge in [-0.1, -0.05) is 0 Å². The Labute approximate surface area is 125 Å². The van der Waals surface area contributed by atoms with E-state index in [4.69, 9.17) is 5.73 Å². The van der Waals surface area contributed by atoms with Crippen LogP contribution < -0.4 is 11.1 Å². The third-order valence-electron chi connectivity index (χ3n) is 4.06. The number of Topliss-reactive ketones (excluding diaryl/α,β-unsaturated/α-hetero) is 1. The molecule has 2 rings (SSSR count). The fraction of sp³-hybridized carbons (Fsp3) is 0.667. The molecule has 6 heteroatoms. The van der Waals surface area contributed by atoms with Gasteiger partial charge in [0.2, 0.25) is 5.91 Å². The zero-order chi connectivity index (χ0) is 15.2. The minimum atomic E-state index is 0.0329. The van der Waals surface area contributed by atoms with Gasteiger partial charge in [-0.05, 0) is 37.7 Å². The first kappa shape index (κ1) is 15.7. The van der Waals surface area contributed by atoms with Gasteiger partial charge in [-0.2, -0.15) is 5.10 Å². The minimum Gasteiger partial charge on any atom is -0.353 e. The van der Waals surface area contributed by atoms with Crippen LogP contribution in [0.5, 0.6) is 0 Å². The van der Waals surface area contributed by atoms with Gasteiger partial charge < -0.3 is 11.1 Å². The van der Waals surface area contributed by atoms with Gasteiger partial charge >= 0.3 is 0 Å². The summed E-state index contributed by atoms with van der Waals surface area (Å²) in [5, 5.41) is 7.16. The van der Waals surface area contributed by atoms with E-state index in [0.29, 0.717) is 31.0 Å². The number of hydrogen-bond donors (Lipinski definition) is 2. The molecule has 0 unspecified atom stereocenters. The molecule has 1 saturated carbocycles. The molecule has 0 aromatic carbocycles. The fourth-order valence-corrected chi connectivity index (χ4v) is 2.87. The van der Waals surface area contributed by atoms with Crippen molar-refractivity contribution in [3.05, 3.63) is 18.0 Å². The van der Waals surface area contributed by atoms with Crippen molar-refractivity contribution < 1.29 is 9.59 Å². The van der Waals surface area contributed by atoms with Crippen molar-refractivity contribution in [3.63, 3.8) is 0 Å². The van der Waals surface area contributed by atoms with E-state index in [9.17, 15) is 9.59 Å². The Morgan fingerprint density at radius 3 is 2.67 bits per heavy atom. The molecule has 1 aromatic heterocycles.